The highest BCUT2D eigenvalue weighted by Gasteiger charge is 2.44. The molecule has 8 heteroatoms. The number of rotatable bonds is 2. The number of nitrogens with two attached hydrogens (primary N) is 1. The molecule has 0 aliphatic carbocycles. The van der Waals surface area contributed by atoms with Gasteiger partial charge >= 0.3 is 12.4 Å². The summed E-state index contributed by atoms with van der Waals surface area (Å²) in [5.74, 6) is -1.06. The van der Waals surface area contributed by atoms with E-state index in [2.05, 4.69) is 0 Å². The Balaban J connectivity index is 3.53. The van der Waals surface area contributed by atoms with Gasteiger partial charge in [-0.05, 0) is 17.7 Å². The molecule has 104 valence electrons. The van der Waals surface area contributed by atoms with E-state index in [0.29, 0.717) is 18.2 Å². The lowest BCUT2D eigenvalue weighted by Crippen LogP contribution is -2.18. The fraction of sp³-hybridized carbons (Fsp3) is 0.182. The molecule has 0 radical (unpaired) electrons. The Bertz CT molecular complexity index is 515. The van der Waals surface area contributed by atoms with Crippen LogP contribution in [0.5, 0.6) is 0 Å². The van der Waals surface area contributed by atoms with Crippen molar-refractivity contribution in [2.24, 2.45) is 5.73 Å². The summed E-state index contributed by atoms with van der Waals surface area (Å²) in [6, 6.07) is 1.96. The molecule has 1 amide bonds. The molecule has 0 aliphatic rings. The maximum Gasteiger partial charge on any atom is 0.417 e. The molecular formula is C11H7F6NO. The number of halogens is 6. The average Bonchev–Trinajstić information content (AvgIpc) is 2.23. The summed E-state index contributed by atoms with van der Waals surface area (Å²) in [6.07, 6.45) is -9.20. The summed E-state index contributed by atoms with van der Waals surface area (Å²) in [4.78, 5) is 10.4. The van der Waals surface area contributed by atoms with Crippen molar-refractivity contribution in [3.8, 4) is 0 Å². The van der Waals surface area contributed by atoms with Crippen LogP contribution in [-0.4, -0.2) is 5.91 Å². The number of hydrogen-bond acceptors (Lipinski definition) is 1. The van der Waals surface area contributed by atoms with Gasteiger partial charge in [0.25, 0.3) is 0 Å². The normalized spacial score (nSPS) is 12.9. The van der Waals surface area contributed by atoms with Gasteiger partial charge in [0.1, 0.15) is 0 Å². The minimum absolute atomic E-state index is 0.324. The van der Waals surface area contributed by atoms with Gasteiger partial charge in [0, 0.05) is 6.08 Å². The minimum atomic E-state index is -5.20. The van der Waals surface area contributed by atoms with Crippen molar-refractivity contribution < 1.29 is 31.1 Å². The first kappa shape index (κ1) is 15.1. The molecule has 0 unspecified atom stereocenters. The fourth-order valence-electron chi connectivity index (χ4n) is 1.43. The van der Waals surface area contributed by atoms with E-state index in [9.17, 15) is 31.1 Å². The van der Waals surface area contributed by atoms with Gasteiger partial charge in [0.2, 0.25) is 5.91 Å². The van der Waals surface area contributed by atoms with E-state index in [4.69, 9.17) is 5.73 Å². The van der Waals surface area contributed by atoms with Crippen LogP contribution in [0.2, 0.25) is 0 Å². The van der Waals surface area contributed by atoms with Crippen molar-refractivity contribution in [1.82, 2.24) is 0 Å². The first-order valence-corrected chi connectivity index (χ1v) is 4.78. The maximum absolute atomic E-state index is 12.7. The molecule has 0 saturated carbocycles. The molecule has 0 aliphatic heterocycles. The van der Waals surface area contributed by atoms with Crippen molar-refractivity contribution >= 4 is 12.0 Å². The number of carbonyl (C=O) groups excluding carboxylic acids is 1. The van der Waals surface area contributed by atoms with Crippen LogP contribution in [0.15, 0.2) is 24.3 Å². The van der Waals surface area contributed by atoms with Crippen LogP contribution in [0, 0.1) is 0 Å². The highest BCUT2D eigenvalue weighted by Crippen LogP contribution is 2.42. The van der Waals surface area contributed by atoms with Crippen LogP contribution in [0.25, 0.3) is 6.08 Å². The molecule has 0 saturated heterocycles. The Hall–Kier alpha value is -1.99. The number of alkyl halides is 6. The lowest BCUT2D eigenvalue weighted by molar-refractivity contribution is -0.162. The number of primary amides is 1. The number of amides is 1. The van der Waals surface area contributed by atoms with E-state index in [-0.39, 0.29) is 0 Å². The number of hydrogen-bond donors (Lipinski definition) is 1. The molecule has 0 atom stereocenters. The third-order valence-electron chi connectivity index (χ3n) is 2.11. The van der Waals surface area contributed by atoms with Crippen molar-refractivity contribution in [2.75, 3.05) is 0 Å². The van der Waals surface area contributed by atoms with Gasteiger partial charge in [0.05, 0.1) is 11.1 Å². The van der Waals surface area contributed by atoms with Crippen LogP contribution in [0.3, 0.4) is 0 Å². The molecule has 1 rings (SSSR count). The number of carbonyl (C=O) groups is 1. The van der Waals surface area contributed by atoms with E-state index in [1.807, 2.05) is 0 Å². The Morgan fingerprint density at radius 3 is 2.05 bits per heavy atom. The second kappa shape index (κ2) is 4.94. The predicted octanol–water partition coefficient (Wildman–Crippen LogP) is 3.22. The predicted molar refractivity (Wildman–Crippen MR) is 54.7 cm³/mol. The van der Waals surface area contributed by atoms with Crippen LogP contribution >= 0.6 is 0 Å². The van der Waals surface area contributed by atoms with E-state index >= 15 is 0 Å². The molecule has 0 bridgehead atoms. The summed E-state index contributed by atoms with van der Waals surface area (Å²) in [5.41, 5.74) is 0.257. The van der Waals surface area contributed by atoms with Gasteiger partial charge in [-0.25, -0.2) is 0 Å². The lowest BCUT2D eigenvalue weighted by atomic mass is 9.99. The van der Waals surface area contributed by atoms with Gasteiger partial charge in [-0.15, -0.1) is 0 Å². The fourth-order valence-corrected chi connectivity index (χ4v) is 1.43. The zero-order valence-electron chi connectivity index (χ0n) is 9.14. The summed E-state index contributed by atoms with van der Waals surface area (Å²) in [6.45, 7) is 0. The monoisotopic (exact) mass is 283 g/mol. The second-order valence-corrected chi connectivity index (χ2v) is 3.50. The van der Waals surface area contributed by atoms with Crippen LogP contribution < -0.4 is 5.73 Å². The van der Waals surface area contributed by atoms with Crippen molar-refractivity contribution in [3.05, 3.63) is 41.0 Å². The number of benzene rings is 1. The summed E-state index contributed by atoms with van der Waals surface area (Å²) in [5, 5.41) is 0. The maximum atomic E-state index is 12.7. The lowest BCUT2D eigenvalue weighted by Gasteiger charge is -2.17. The Labute approximate surface area is 103 Å². The highest BCUT2D eigenvalue weighted by molar-refractivity contribution is 5.90. The molecule has 2 N–H and O–H groups in total. The smallest absolute Gasteiger partial charge is 0.366 e. The SMILES string of the molecule is NC(=O)C=Cc1cccc(C(F)(F)F)c1C(F)(F)F. The van der Waals surface area contributed by atoms with Gasteiger partial charge in [-0.3, -0.25) is 4.79 Å². The van der Waals surface area contributed by atoms with E-state index in [1.165, 1.54) is 0 Å². The Morgan fingerprint density at radius 2 is 1.63 bits per heavy atom. The zero-order chi connectivity index (χ0) is 14.8. The third-order valence-corrected chi connectivity index (χ3v) is 2.11. The van der Waals surface area contributed by atoms with E-state index < -0.39 is 35.0 Å². The first-order chi connectivity index (χ1) is 8.53. The topological polar surface area (TPSA) is 43.1 Å². The molecule has 19 heavy (non-hydrogen) atoms. The molecular weight excluding hydrogens is 276 g/mol. The van der Waals surface area contributed by atoms with Crippen molar-refractivity contribution in [2.45, 2.75) is 12.4 Å². The van der Waals surface area contributed by atoms with Gasteiger partial charge in [-0.2, -0.15) is 26.3 Å². The Kier molecular flexibility index (Phi) is 3.92. The molecule has 0 heterocycles. The quantitative estimate of drug-likeness (QED) is 0.657. The van der Waals surface area contributed by atoms with E-state index in [1.54, 1.807) is 0 Å². The van der Waals surface area contributed by atoms with Crippen LogP contribution in [0.1, 0.15) is 16.7 Å². The molecule has 0 fully saturated rings. The Morgan fingerprint density at radius 1 is 1.05 bits per heavy atom. The summed E-state index contributed by atoms with van der Waals surface area (Å²) >= 11 is 0. The van der Waals surface area contributed by atoms with Crippen molar-refractivity contribution in [3.63, 3.8) is 0 Å². The largest absolute Gasteiger partial charge is 0.417 e. The minimum Gasteiger partial charge on any atom is -0.366 e. The molecule has 0 spiro atoms. The van der Waals surface area contributed by atoms with Gasteiger partial charge in [0.15, 0.2) is 0 Å². The van der Waals surface area contributed by atoms with Gasteiger partial charge < -0.3 is 5.73 Å². The highest BCUT2D eigenvalue weighted by atomic mass is 19.4. The molecule has 2 nitrogen and oxygen atoms in total. The standard InChI is InChI=1S/C11H7F6NO/c12-10(13,14)7-3-1-2-6(4-5-8(18)19)9(7)11(15,16)17/h1-5H,(H2,18,19). The zero-order valence-corrected chi connectivity index (χ0v) is 9.14. The molecule has 0 aromatic heterocycles. The molecule has 1 aromatic rings. The first-order valence-electron chi connectivity index (χ1n) is 4.78. The van der Waals surface area contributed by atoms with E-state index in [0.717, 1.165) is 12.1 Å². The second-order valence-electron chi connectivity index (χ2n) is 3.50. The van der Waals surface area contributed by atoms with Crippen molar-refractivity contribution in [1.29, 1.82) is 0 Å². The third kappa shape index (κ3) is 3.73. The average molecular weight is 283 g/mol. The summed E-state index contributed by atoms with van der Waals surface area (Å²) in [7, 11) is 0. The summed E-state index contributed by atoms with van der Waals surface area (Å²) < 4.78 is 75.8. The van der Waals surface area contributed by atoms with Crippen LogP contribution in [0.4, 0.5) is 26.3 Å². The van der Waals surface area contributed by atoms with Crippen LogP contribution in [-0.2, 0) is 17.1 Å². The molecule has 1 aromatic carbocycles. The van der Waals surface area contributed by atoms with Gasteiger partial charge in [-0.1, -0.05) is 12.1 Å².